The topological polar surface area (TPSA) is 137 Å². The van der Waals surface area contributed by atoms with Crippen molar-refractivity contribution in [1.29, 1.82) is 0 Å². The first-order valence-corrected chi connectivity index (χ1v) is 13.6. The molecule has 1 amide bonds. The molecular weight excluding hydrogens is 517 g/mol. The van der Waals surface area contributed by atoms with Crippen LogP contribution in [0.15, 0.2) is 47.4 Å². The van der Waals surface area contributed by atoms with Gasteiger partial charge in [-0.3, -0.25) is 14.9 Å². The summed E-state index contributed by atoms with van der Waals surface area (Å²) in [7, 11) is -4.23. The van der Waals surface area contributed by atoms with Gasteiger partial charge in [0.25, 0.3) is 11.6 Å². The highest BCUT2D eigenvalue weighted by atomic mass is 32.2. The summed E-state index contributed by atoms with van der Waals surface area (Å²) in [6.45, 7) is 6.25. The highest BCUT2D eigenvalue weighted by molar-refractivity contribution is 7.89. The number of aromatic nitrogens is 2. The molecule has 13 heteroatoms. The number of hydrogen-bond donors (Lipinski definition) is 1. The molecule has 2 heterocycles. The first-order chi connectivity index (χ1) is 18.0. The second-order valence-corrected chi connectivity index (χ2v) is 10.8. The minimum atomic E-state index is -4.23. The number of benzene rings is 2. The van der Waals surface area contributed by atoms with Crippen LogP contribution in [0.3, 0.4) is 0 Å². The van der Waals surface area contributed by atoms with Crippen LogP contribution in [0.4, 0.5) is 10.1 Å². The average molecular weight is 546 g/mol. The fraction of sp³-hybridized carbons (Fsp3) is 0.360. The summed E-state index contributed by atoms with van der Waals surface area (Å²) in [5.74, 6) is -0.958. The first-order valence-electron chi connectivity index (χ1n) is 12.1. The molecular formula is C25H28FN5O6S. The van der Waals surface area contributed by atoms with E-state index in [0.717, 1.165) is 25.0 Å². The smallest absolute Gasteiger partial charge is 0.274 e. The number of hydrogen-bond acceptors (Lipinski definition) is 7. The van der Waals surface area contributed by atoms with Gasteiger partial charge in [-0.15, -0.1) is 0 Å². The number of carbonyl (C=O) groups excluding carboxylic acids is 1. The van der Waals surface area contributed by atoms with Crippen LogP contribution in [0.5, 0.6) is 11.6 Å². The first kappa shape index (κ1) is 27.2. The van der Waals surface area contributed by atoms with Crippen LogP contribution in [0.25, 0.3) is 5.69 Å². The van der Waals surface area contributed by atoms with Gasteiger partial charge < -0.3 is 9.64 Å². The van der Waals surface area contributed by atoms with Gasteiger partial charge in [0.2, 0.25) is 15.9 Å². The SMILES string of the molecule is CC[C@@H](C)NS(=O)(=O)c1cc([N+](=O)[O-])ccc1Oc1c(C)c(C(=O)N2CCCC2)nn1-c1ccc(F)cc1. The van der Waals surface area contributed by atoms with Crippen LogP contribution in [-0.4, -0.2) is 53.1 Å². The molecule has 1 N–H and O–H groups in total. The van der Waals surface area contributed by atoms with E-state index in [1.807, 2.05) is 0 Å². The molecule has 38 heavy (non-hydrogen) atoms. The van der Waals surface area contributed by atoms with Gasteiger partial charge >= 0.3 is 0 Å². The molecule has 202 valence electrons. The van der Waals surface area contributed by atoms with Crippen molar-refractivity contribution in [2.75, 3.05) is 13.1 Å². The fourth-order valence-electron chi connectivity index (χ4n) is 4.05. The third kappa shape index (κ3) is 5.53. The molecule has 3 aromatic rings. The van der Waals surface area contributed by atoms with E-state index in [9.17, 15) is 27.7 Å². The summed E-state index contributed by atoms with van der Waals surface area (Å²) in [5.41, 5.74) is 0.377. The summed E-state index contributed by atoms with van der Waals surface area (Å²) < 4.78 is 49.9. The lowest BCUT2D eigenvalue weighted by atomic mass is 10.2. The Morgan fingerprint density at radius 3 is 2.47 bits per heavy atom. The van der Waals surface area contributed by atoms with Gasteiger partial charge in [-0.2, -0.15) is 9.78 Å². The highest BCUT2D eigenvalue weighted by Crippen LogP contribution is 2.36. The summed E-state index contributed by atoms with van der Waals surface area (Å²) in [4.78, 5) is 25.2. The predicted octanol–water partition coefficient (Wildman–Crippen LogP) is 4.33. The van der Waals surface area contributed by atoms with Crippen molar-refractivity contribution >= 4 is 21.6 Å². The number of nitro benzene ring substituents is 1. The molecule has 0 saturated carbocycles. The number of sulfonamides is 1. The van der Waals surface area contributed by atoms with Crippen LogP contribution >= 0.6 is 0 Å². The molecule has 1 saturated heterocycles. The van der Waals surface area contributed by atoms with Crippen LogP contribution in [0.2, 0.25) is 0 Å². The van der Waals surface area contributed by atoms with Gasteiger partial charge in [-0.25, -0.2) is 17.5 Å². The van der Waals surface area contributed by atoms with E-state index in [4.69, 9.17) is 4.74 Å². The van der Waals surface area contributed by atoms with E-state index in [0.29, 0.717) is 30.8 Å². The van der Waals surface area contributed by atoms with Gasteiger partial charge in [0.1, 0.15) is 16.5 Å². The minimum Gasteiger partial charge on any atom is -0.437 e. The summed E-state index contributed by atoms with van der Waals surface area (Å²) in [5, 5.41) is 15.9. The number of ether oxygens (including phenoxy) is 1. The normalized spacial score (nSPS) is 14.5. The quantitative estimate of drug-likeness (QED) is 0.312. The van der Waals surface area contributed by atoms with Gasteiger partial charge in [0.05, 0.1) is 10.6 Å². The Morgan fingerprint density at radius 1 is 1.21 bits per heavy atom. The van der Waals surface area contributed by atoms with E-state index >= 15 is 0 Å². The fourth-order valence-corrected chi connectivity index (χ4v) is 5.53. The van der Waals surface area contributed by atoms with Crippen LogP contribution in [0.1, 0.15) is 49.2 Å². The lowest BCUT2D eigenvalue weighted by Gasteiger charge is -2.16. The third-order valence-electron chi connectivity index (χ3n) is 6.34. The molecule has 0 radical (unpaired) electrons. The number of non-ortho nitro benzene ring substituents is 1. The van der Waals surface area contributed by atoms with Crippen molar-refractivity contribution in [1.82, 2.24) is 19.4 Å². The summed E-state index contributed by atoms with van der Waals surface area (Å²) in [6.07, 6.45) is 2.24. The Morgan fingerprint density at radius 2 is 1.87 bits per heavy atom. The number of nitrogens with one attached hydrogen (secondary N) is 1. The van der Waals surface area contributed by atoms with E-state index in [1.165, 1.54) is 35.0 Å². The number of carbonyl (C=O) groups is 1. The number of amides is 1. The zero-order chi connectivity index (χ0) is 27.6. The number of likely N-dealkylation sites (tertiary alicyclic amines) is 1. The van der Waals surface area contributed by atoms with Gasteiger partial charge in [-0.05, 0) is 63.4 Å². The third-order valence-corrected chi connectivity index (χ3v) is 7.95. The molecule has 4 rings (SSSR count). The van der Waals surface area contributed by atoms with Crippen molar-refractivity contribution in [2.45, 2.75) is 51.0 Å². The van der Waals surface area contributed by atoms with E-state index in [2.05, 4.69) is 9.82 Å². The molecule has 2 aromatic carbocycles. The van der Waals surface area contributed by atoms with Crippen molar-refractivity contribution in [2.24, 2.45) is 0 Å². The Kier molecular flexibility index (Phi) is 7.78. The molecule has 0 unspecified atom stereocenters. The van der Waals surface area contributed by atoms with E-state index in [1.54, 1.807) is 25.7 Å². The molecule has 1 aromatic heterocycles. The lowest BCUT2D eigenvalue weighted by molar-refractivity contribution is -0.385. The minimum absolute atomic E-state index is 0.0213. The second kappa shape index (κ2) is 10.9. The van der Waals surface area contributed by atoms with Crippen LogP contribution in [-0.2, 0) is 10.0 Å². The zero-order valence-electron chi connectivity index (χ0n) is 21.2. The summed E-state index contributed by atoms with van der Waals surface area (Å²) >= 11 is 0. The van der Waals surface area contributed by atoms with Gasteiger partial charge in [-0.1, -0.05) is 6.92 Å². The maximum atomic E-state index is 13.6. The molecule has 1 fully saturated rings. The van der Waals surface area contributed by atoms with Gasteiger partial charge in [0.15, 0.2) is 5.69 Å². The monoisotopic (exact) mass is 545 g/mol. The Bertz CT molecular complexity index is 1470. The van der Waals surface area contributed by atoms with E-state index < -0.39 is 37.4 Å². The number of halogens is 1. The number of nitro groups is 1. The molecule has 1 atom stereocenters. The lowest BCUT2D eigenvalue weighted by Crippen LogP contribution is -2.32. The van der Waals surface area contributed by atoms with Gasteiger partial charge in [0, 0.05) is 36.8 Å². The average Bonchev–Trinajstić information content (AvgIpc) is 3.53. The maximum absolute atomic E-state index is 13.6. The van der Waals surface area contributed by atoms with Crippen molar-refractivity contribution in [3.8, 4) is 17.3 Å². The van der Waals surface area contributed by atoms with E-state index in [-0.39, 0.29) is 23.2 Å². The number of nitrogens with zero attached hydrogens (tertiary/aromatic N) is 4. The number of rotatable bonds is 9. The predicted molar refractivity (Wildman–Crippen MR) is 137 cm³/mol. The largest absolute Gasteiger partial charge is 0.437 e. The molecule has 1 aliphatic rings. The van der Waals surface area contributed by atoms with Crippen molar-refractivity contribution < 1.29 is 27.3 Å². The Hall–Kier alpha value is -3.84. The highest BCUT2D eigenvalue weighted by Gasteiger charge is 2.30. The maximum Gasteiger partial charge on any atom is 0.274 e. The standard InChI is InChI=1S/C25H28FN5O6S/c1-4-16(2)28-38(35,36)22-15-20(31(33)34)11-12-21(22)37-25-17(3)23(24(32)29-13-5-6-14-29)27-30(25)19-9-7-18(26)8-10-19/h7-12,15-16,28H,4-6,13-14H2,1-3H3/t16-/m1/s1. The van der Waals surface area contributed by atoms with Crippen LogP contribution in [0, 0.1) is 22.9 Å². The Labute approximate surface area is 219 Å². The zero-order valence-corrected chi connectivity index (χ0v) is 22.0. The molecule has 0 bridgehead atoms. The van der Waals surface area contributed by atoms with Crippen LogP contribution < -0.4 is 9.46 Å². The van der Waals surface area contributed by atoms with Crippen molar-refractivity contribution in [3.05, 3.63) is 69.7 Å². The molecule has 11 nitrogen and oxygen atoms in total. The van der Waals surface area contributed by atoms with Crippen molar-refractivity contribution in [3.63, 3.8) is 0 Å². The Balaban J connectivity index is 1.86. The molecule has 0 spiro atoms. The summed E-state index contributed by atoms with van der Waals surface area (Å²) in [6, 6.07) is 8.11. The molecule has 0 aliphatic carbocycles. The second-order valence-electron chi connectivity index (χ2n) is 9.09. The molecule has 1 aliphatic heterocycles.